The number of anilines is 1. The van der Waals surface area contributed by atoms with Crippen molar-refractivity contribution < 1.29 is 19.1 Å². The average Bonchev–Trinajstić information content (AvgIpc) is 3.31. The van der Waals surface area contributed by atoms with Crippen LogP contribution in [0.25, 0.3) is 17.2 Å². The maximum atomic E-state index is 13.1. The van der Waals surface area contributed by atoms with Gasteiger partial charge in [-0.15, -0.1) is 0 Å². The molecule has 13 nitrogen and oxygen atoms in total. The standard InChI is InChI=1S/C26H32N8O5/c1-16(2)13-19-22-23(28-15-27-19)32-20(31-22)14-34-12-8-10-18(25(34)37)29-24(36)17(30-26(38)39-5)9-6-7-11-21(35)33(3)4/h7-8,10-13,15,17H,6,9,14H2,1-5H3,(H,29,36)(H,30,38)(H,27,28,31,32)/b11-7+/t17-/m0/s1. The van der Waals surface area contributed by atoms with Crippen LogP contribution in [-0.4, -0.2) is 74.6 Å². The minimum Gasteiger partial charge on any atom is -0.453 e. The van der Waals surface area contributed by atoms with Crippen LogP contribution in [-0.2, 0) is 20.9 Å². The Balaban J connectivity index is 1.77. The fraction of sp³-hybridized carbons (Fsp3) is 0.346. The van der Waals surface area contributed by atoms with Gasteiger partial charge in [-0.25, -0.2) is 19.7 Å². The molecule has 0 aliphatic heterocycles. The van der Waals surface area contributed by atoms with Crippen LogP contribution in [0.2, 0.25) is 0 Å². The lowest BCUT2D eigenvalue weighted by atomic mass is 10.1. The predicted molar refractivity (Wildman–Crippen MR) is 146 cm³/mol. The van der Waals surface area contributed by atoms with Crippen molar-refractivity contribution in [2.24, 2.45) is 0 Å². The molecule has 0 aromatic carbocycles. The van der Waals surface area contributed by atoms with Gasteiger partial charge in [0.1, 0.15) is 29.4 Å². The van der Waals surface area contributed by atoms with Crippen LogP contribution in [0.4, 0.5) is 10.5 Å². The molecule has 0 unspecified atom stereocenters. The number of likely N-dealkylation sites (N-methyl/N-ethyl adjacent to an activating group) is 1. The van der Waals surface area contributed by atoms with Crippen LogP contribution in [0, 0.1) is 0 Å². The summed E-state index contributed by atoms with van der Waals surface area (Å²) in [5, 5.41) is 5.05. The summed E-state index contributed by atoms with van der Waals surface area (Å²) in [6.45, 7) is 4.01. The number of nitrogens with zero attached hydrogens (tertiary/aromatic N) is 5. The molecule has 3 amide bonds. The number of rotatable bonds is 10. The highest BCUT2D eigenvalue weighted by Gasteiger charge is 2.22. The lowest BCUT2D eigenvalue weighted by Gasteiger charge is -2.17. The molecular formula is C26H32N8O5. The average molecular weight is 537 g/mol. The van der Waals surface area contributed by atoms with E-state index in [0.717, 1.165) is 5.57 Å². The van der Waals surface area contributed by atoms with E-state index in [-0.39, 0.29) is 24.6 Å². The number of hydrogen-bond acceptors (Lipinski definition) is 8. The number of H-pyrrole nitrogens is 1. The van der Waals surface area contributed by atoms with E-state index in [4.69, 9.17) is 0 Å². The van der Waals surface area contributed by atoms with Crippen molar-refractivity contribution in [1.82, 2.24) is 34.7 Å². The number of pyridine rings is 1. The highest BCUT2D eigenvalue weighted by Crippen LogP contribution is 2.15. The van der Waals surface area contributed by atoms with Gasteiger partial charge < -0.3 is 29.8 Å². The second-order valence-electron chi connectivity index (χ2n) is 9.11. The molecule has 0 spiro atoms. The molecule has 3 N–H and O–H groups in total. The molecule has 39 heavy (non-hydrogen) atoms. The number of aromatic nitrogens is 5. The van der Waals surface area contributed by atoms with Crippen LogP contribution in [0.5, 0.6) is 0 Å². The number of carbonyl (C=O) groups is 3. The maximum Gasteiger partial charge on any atom is 0.407 e. The normalized spacial score (nSPS) is 11.7. The fourth-order valence-electron chi connectivity index (χ4n) is 3.56. The molecule has 0 fully saturated rings. The smallest absolute Gasteiger partial charge is 0.407 e. The van der Waals surface area contributed by atoms with Crippen molar-refractivity contribution in [2.45, 2.75) is 39.3 Å². The molecule has 0 aliphatic carbocycles. The van der Waals surface area contributed by atoms with Gasteiger partial charge in [-0.2, -0.15) is 0 Å². The summed E-state index contributed by atoms with van der Waals surface area (Å²) in [5.74, 6) is -0.317. The van der Waals surface area contributed by atoms with Gasteiger partial charge in [-0.3, -0.25) is 14.4 Å². The second kappa shape index (κ2) is 13.1. The van der Waals surface area contributed by atoms with Crippen LogP contribution in [0.3, 0.4) is 0 Å². The number of fused-ring (bicyclic) bond motifs is 1. The Kier molecular flexibility index (Phi) is 9.68. The third-order valence-corrected chi connectivity index (χ3v) is 5.51. The zero-order valence-electron chi connectivity index (χ0n) is 22.5. The highest BCUT2D eigenvalue weighted by atomic mass is 16.5. The van der Waals surface area contributed by atoms with Crippen molar-refractivity contribution in [3.8, 4) is 0 Å². The molecule has 206 valence electrons. The Morgan fingerprint density at radius 2 is 2.00 bits per heavy atom. The van der Waals surface area contributed by atoms with Gasteiger partial charge in [0.25, 0.3) is 5.56 Å². The number of imidazole rings is 1. The van der Waals surface area contributed by atoms with Crippen LogP contribution >= 0.6 is 0 Å². The van der Waals surface area contributed by atoms with Gasteiger partial charge in [-0.1, -0.05) is 11.6 Å². The van der Waals surface area contributed by atoms with E-state index in [9.17, 15) is 19.2 Å². The summed E-state index contributed by atoms with van der Waals surface area (Å²) in [5.41, 5.74) is 2.45. The molecule has 3 heterocycles. The number of nitrogens with one attached hydrogen (secondary N) is 3. The zero-order valence-corrected chi connectivity index (χ0v) is 22.5. The van der Waals surface area contributed by atoms with E-state index < -0.39 is 23.6 Å². The molecule has 1 atom stereocenters. The van der Waals surface area contributed by atoms with Gasteiger partial charge in [0.2, 0.25) is 11.8 Å². The van der Waals surface area contributed by atoms with Crippen LogP contribution < -0.4 is 16.2 Å². The van der Waals surface area contributed by atoms with Gasteiger partial charge in [0, 0.05) is 20.3 Å². The number of aromatic amines is 1. The van der Waals surface area contributed by atoms with Crippen LogP contribution in [0.1, 0.15) is 38.2 Å². The van der Waals surface area contributed by atoms with Gasteiger partial charge in [0.05, 0.1) is 19.3 Å². The van der Waals surface area contributed by atoms with Crippen molar-refractivity contribution >= 4 is 40.8 Å². The number of allylic oxidation sites excluding steroid dienone is 2. The van der Waals surface area contributed by atoms with E-state index in [1.54, 1.807) is 32.4 Å². The molecular weight excluding hydrogens is 504 g/mol. The van der Waals surface area contributed by atoms with Crippen molar-refractivity contribution in [3.63, 3.8) is 0 Å². The summed E-state index contributed by atoms with van der Waals surface area (Å²) in [6, 6.07) is 2.08. The Bertz CT molecular complexity index is 1470. The minimum absolute atomic E-state index is 0.0265. The Morgan fingerprint density at radius 3 is 2.69 bits per heavy atom. The van der Waals surface area contributed by atoms with E-state index in [0.29, 0.717) is 29.1 Å². The molecule has 13 heteroatoms. The van der Waals surface area contributed by atoms with E-state index in [1.165, 1.54) is 35.0 Å². The first kappa shape index (κ1) is 28.8. The Morgan fingerprint density at radius 1 is 1.23 bits per heavy atom. The number of hydrogen-bond donors (Lipinski definition) is 3. The third kappa shape index (κ3) is 7.84. The van der Waals surface area contributed by atoms with Crippen LogP contribution in [0.15, 0.2) is 47.2 Å². The largest absolute Gasteiger partial charge is 0.453 e. The number of methoxy groups -OCH3 is 1. The summed E-state index contributed by atoms with van der Waals surface area (Å²) in [6.07, 6.45) is 7.60. The predicted octanol–water partition coefficient (Wildman–Crippen LogP) is 2.07. The molecule has 3 aromatic rings. The fourth-order valence-corrected chi connectivity index (χ4v) is 3.56. The Hall–Kier alpha value is -4.81. The first-order valence-electron chi connectivity index (χ1n) is 12.2. The Labute approximate surface area is 225 Å². The molecule has 0 radical (unpaired) electrons. The molecule has 0 saturated heterocycles. The van der Waals surface area contributed by atoms with E-state index >= 15 is 0 Å². The summed E-state index contributed by atoms with van der Waals surface area (Å²) >= 11 is 0. The minimum atomic E-state index is -1.01. The highest BCUT2D eigenvalue weighted by molar-refractivity contribution is 5.96. The first-order chi connectivity index (χ1) is 18.6. The van der Waals surface area contributed by atoms with Crippen molar-refractivity contribution in [1.29, 1.82) is 0 Å². The SMILES string of the molecule is COC(=O)N[C@@H](CC/C=C/C(=O)N(C)C)C(=O)Nc1cccn(Cc2nc3ncnc(C=C(C)C)c3[nH]2)c1=O. The molecule has 0 aliphatic rings. The van der Waals surface area contributed by atoms with Gasteiger partial charge >= 0.3 is 6.09 Å². The summed E-state index contributed by atoms with van der Waals surface area (Å²) in [7, 11) is 4.43. The third-order valence-electron chi connectivity index (χ3n) is 5.51. The summed E-state index contributed by atoms with van der Waals surface area (Å²) in [4.78, 5) is 67.2. The maximum absolute atomic E-state index is 13.1. The number of carbonyl (C=O) groups excluding carboxylic acids is 3. The molecule has 3 aromatic heterocycles. The second-order valence-corrected chi connectivity index (χ2v) is 9.11. The zero-order chi connectivity index (χ0) is 28.5. The molecule has 0 bridgehead atoms. The van der Waals surface area contributed by atoms with Crippen molar-refractivity contribution in [3.05, 3.63) is 64.3 Å². The lowest BCUT2D eigenvalue weighted by Crippen LogP contribution is -2.44. The van der Waals surface area contributed by atoms with E-state index in [1.807, 2.05) is 19.9 Å². The van der Waals surface area contributed by atoms with E-state index in [2.05, 4.69) is 35.3 Å². The summed E-state index contributed by atoms with van der Waals surface area (Å²) < 4.78 is 6.01. The number of alkyl carbamates (subject to hydrolysis) is 1. The number of amides is 3. The quantitative estimate of drug-likeness (QED) is 0.331. The van der Waals surface area contributed by atoms with Gasteiger partial charge in [0.15, 0.2) is 5.65 Å². The lowest BCUT2D eigenvalue weighted by molar-refractivity contribution is -0.123. The molecule has 0 saturated carbocycles. The monoisotopic (exact) mass is 536 g/mol. The van der Waals surface area contributed by atoms with Crippen molar-refractivity contribution in [2.75, 3.05) is 26.5 Å². The topological polar surface area (TPSA) is 164 Å². The molecule has 3 rings (SSSR count). The van der Waals surface area contributed by atoms with Gasteiger partial charge in [-0.05, 0) is 51.0 Å². The number of ether oxygens (including phenoxy) is 1. The first-order valence-corrected chi connectivity index (χ1v) is 12.2.